The quantitative estimate of drug-likeness (QED) is 0.692. The molecule has 2 nitrogen and oxygen atoms in total. The van der Waals surface area contributed by atoms with Gasteiger partial charge in [0, 0.05) is 29.0 Å². The third-order valence-electron chi connectivity index (χ3n) is 6.71. The molecule has 146 valence electrons. The van der Waals surface area contributed by atoms with Crippen LogP contribution in [-0.4, -0.2) is 0 Å². The number of nitrogens with two attached hydrogens (primary N) is 1. The highest BCUT2D eigenvalue weighted by molar-refractivity contribution is 5.97. The summed E-state index contributed by atoms with van der Waals surface area (Å²) in [6.45, 7) is 8.82. The molecule has 5 rings (SSSR count). The van der Waals surface area contributed by atoms with Crippen molar-refractivity contribution in [1.29, 1.82) is 0 Å². The molecule has 3 aliphatic rings. The normalized spacial score (nSPS) is 18.8. The van der Waals surface area contributed by atoms with Gasteiger partial charge in [-0.05, 0) is 72.9 Å². The van der Waals surface area contributed by atoms with Gasteiger partial charge in [0.15, 0.2) is 0 Å². The molecule has 0 radical (unpaired) electrons. The fourth-order valence-corrected chi connectivity index (χ4v) is 5.32. The van der Waals surface area contributed by atoms with Crippen molar-refractivity contribution in [3.05, 3.63) is 105 Å². The zero-order chi connectivity index (χ0) is 20.1. The van der Waals surface area contributed by atoms with Crippen LogP contribution in [0, 0.1) is 6.92 Å². The first-order valence-electron chi connectivity index (χ1n) is 10.6. The molecule has 0 saturated carbocycles. The van der Waals surface area contributed by atoms with E-state index in [0.717, 1.165) is 29.0 Å². The van der Waals surface area contributed by atoms with Gasteiger partial charge in [-0.3, -0.25) is 0 Å². The number of dihydropyridines is 1. The van der Waals surface area contributed by atoms with Gasteiger partial charge in [0.05, 0.1) is 5.70 Å². The number of hydrogen-bond acceptors (Lipinski definition) is 2. The summed E-state index contributed by atoms with van der Waals surface area (Å²) in [6, 6.07) is 15.0. The molecule has 0 bridgehead atoms. The van der Waals surface area contributed by atoms with Gasteiger partial charge < -0.3 is 11.1 Å². The first-order chi connectivity index (χ1) is 14.1. The van der Waals surface area contributed by atoms with Crippen molar-refractivity contribution in [3.63, 3.8) is 0 Å². The maximum atomic E-state index is 6.85. The minimum Gasteiger partial charge on any atom is -0.398 e. The predicted octanol–water partition coefficient (Wildman–Crippen LogP) is 5.79. The molecular formula is C27H28N2. The number of fused-ring (bicyclic) bond motifs is 1. The molecule has 2 aliphatic carbocycles. The van der Waals surface area contributed by atoms with Gasteiger partial charge >= 0.3 is 0 Å². The summed E-state index contributed by atoms with van der Waals surface area (Å²) in [5.41, 5.74) is 21.7. The van der Waals surface area contributed by atoms with Crippen LogP contribution in [0.15, 0.2) is 77.3 Å². The highest BCUT2D eigenvalue weighted by Gasteiger charge is 2.32. The van der Waals surface area contributed by atoms with Crippen LogP contribution >= 0.6 is 0 Å². The molecule has 0 spiro atoms. The number of allylic oxidation sites excluding steroid dienone is 3. The minimum atomic E-state index is 0.846. The second-order valence-electron chi connectivity index (χ2n) is 8.53. The molecule has 3 N–H and O–H groups in total. The van der Waals surface area contributed by atoms with Crippen LogP contribution in [0.5, 0.6) is 0 Å². The highest BCUT2D eigenvalue weighted by atomic mass is 14.9. The van der Waals surface area contributed by atoms with Crippen LogP contribution in [-0.2, 0) is 12.8 Å². The van der Waals surface area contributed by atoms with Crippen LogP contribution in [0.25, 0.3) is 11.1 Å². The summed E-state index contributed by atoms with van der Waals surface area (Å²) >= 11 is 0. The molecule has 0 fully saturated rings. The molecule has 29 heavy (non-hydrogen) atoms. The van der Waals surface area contributed by atoms with Crippen LogP contribution in [0.1, 0.15) is 54.0 Å². The number of rotatable bonds is 2. The smallest absolute Gasteiger partial charge is 0.0512 e. The molecule has 2 aromatic rings. The van der Waals surface area contributed by atoms with Gasteiger partial charge in [0.2, 0.25) is 0 Å². The Balaban J connectivity index is 1.68. The van der Waals surface area contributed by atoms with Gasteiger partial charge in [0.1, 0.15) is 0 Å². The average Bonchev–Trinajstić information content (AvgIpc) is 3.05. The van der Waals surface area contributed by atoms with Crippen molar-refractivity contribution in [1.82, 2.24) is 5.32 Å². The van der Waals surface area contributed by atoms with Gasteiger partial charge in [-0.25, -0.2) is 0 Å². The lowest BCUT2D eigenvalue weighted by Crippen LogP contribution is -2.23. The number of nitrogens with one attached hydrogen (secondary N) is 1. The van der Waals surface area contributed by atoms with E-state index in [9.17, 15) is 0 Å². The van der Waals surface area contributed by atoms with E-state index in [-0.39, 0.29) is 0 Å². The third-order valence-corrected chi connectivity index (χ3v) is 6.71. The molecule has 0 unspecified atom stereocenters. The van der Waals surface area contributed by atoms with E-state index in [2.05, 4.69) is 62.1 Å². The fraction of sp³-hybridized carbons (Fsp3) is 0.259. The Labute approximate surface area is 173 Å². The summed E-state index contributed by atoms with van der Waals surface area (Å²) in [5, 5.41) is 3.57. The lowest BCUT2D eigenvalue weighted by molar-refractivity contribution is 0.681. The Kier molecular flexibility index (Phi) is 4.24. The van der Waals surface area contributed by atoms with Gasteiger partial charge in [0.25, 0.3) is 0 Å². The third kappa shape index (κ3) is 2.78. The topological polar surface area (TPSA) is 38.0 Å². The lowest BCUT2D eigenvalue weighted by atomic mass is 9.82. The van der Waals surface area contributed by atoms with Crippen LogP contribution in [0.3, 0.4) is 0 Å². The summed E-state index contributed by atoms with van der Waals surface area (Å²) in [4.78, 5) is 0. The first-order valence-corrected chi connectivity index (χ1v) is 10.6. The molecule has 0 atom stereocenters. The molecule has 0 saturated heterocycles. The molecule has 1 heterocycles. The second kappa shape index (κ2) is 6.81. The van der Waals surface area contributed by atoms with Crippen LogP contribution < -0.4 is 11.1 Å². The van der Waals surface area contributed by atoms with Crippen molar-refractivity contribution >= 4 is 11.1 Å². The van der Waals surface area contributed by atoms with Crippen molar-refractivity contribution in [2.24, 2.45) is 5.73 Å². The molecular weight excluding hydrogens is 352 g/mol. The van der Waals surface area contributed by atoms with E-state index in [1.54, 1.807) is 5.56 Å². The summed E-state index contributed by atoms with van der Waals surface area (Å²) in [7, 11) is 0. The van der Waals surface area contributed by atoms with Gasteiger partial charge in [-0.1, -0.05) is 54.6 Å². The SMILES string of the molecule is C=C1NC2=C(C(N)=C1c1ccccc1)C(c1ccc3c(c1C)CCCC3)=C(C)C2. The van der Waals surface area contributed by atoms with E-state index >= 15 is 0 Å². The van der Waals surface area contributed by atoms with E-state index in [4.69, 9.17) is 5.73 Å². The molecule has 2 heteroatoms. The van der Waals surface area contributed by atoms with E-state index in [1.165, 1.54) is 64.8 Å². The second-order valence-corrected chi connectivity index (χ2v) is 8.53. The van der Waals surface area contributed by atoms with Crippen LogP contribution in [0.2, 0.25) is 0 Å². The number of hydrogen-bond donors (Lipinski definition) is 2. The average molecular weight is 381 g/mol. The Morgan fingerprint density at radius 1 is 0.897 bits per heavy atom. The summed E-state index contributed by atoms with van der Waals surface area (Å²) in [5.74, 6) is 0. The minimum absolute atomic E-state index is 0.846. The number of aryl methyl sites for hydroxylation is 1. The van der Waals surface area contributed by atoms with Crippen molar-refractivity contribution < 1.29 is 0 Å². The van der Waals surface area contributed by atoms with Crippen molar-refractivity contribution in [3.8, 4) is 0 Å². The molecule has 1 aliphatic heterocycles. The van der Waals surface area contributed by atoms with Crippen molar-refractivity contribution in [2.45, 2.75) is 46.0 Å². The number of benzene rings is 2. The van der Waals surface area contributed by atoms with Crippen LogP contribution in [0.4, 0.5) is 0 Å². The zero-order valence-electron chi connectivity index (χ0n) is 17.4. The Hall–Kier alpha value is -3.00. The Bertz CT molecular complexity index is 1130. The Morgan fingerprint density at radius 2 is 1.66 bits per heavy atom. The standard InChI is InChI=1S/C27H28N2/c1-16-15-23-26(27(28)25(18(3)29-23)20-10-5-4-6-11-20)24(16)22-14-13-19-9-7-8-12-21(19)17(22)2/h4-6,10-11,13-14,29H,3,7-9,12,15,28H2,1-2H3. The zero-order valence-corrected chi connectivity index (χ0v) is 17.4. The largest absolute Gasteiger partial charge is 0.398 e. The monoisotopic (exact) mass is 380 g/mol. The molecule has 2 aromatic carbocycles. The molecule has 0 amide bonds. The Morgan fingerprint density at radius 3 is 2.45 bits per heavy atom. The van der Waals surface area contributed by atoms with Gasteiger partial charge in [-0.15, -0.1) is 0 Å². The lowest BCUT2D eigenvalue weighted by Gasteiger charge is -2.27. The highest BCUT2D eigenvalue weighted by Crippen LogP contribution is 2.47. The van der Waals surface area contributed by atoms with E-state index in [0.29, 0.717) is 0 Å². The maximum Gasteiger partial charge on any atom is 0.0512 e. The fourth-order valence-electron chi connectivity index (χ4n) is 5.32. The predicted molar refractivity (Wildman–Crippen MR) is 122 cm³/mol. The van der Waals surface area contributed by atoms with Crippen molar-refractivity contribution in [2.75, 3.05) is 0 Å². The van der Waals surface area contributed by atoms with E-state index < -0.39 is 0 Å². The maximum absolute atomic E-state index is 6.85. The summed E-state index contributed by atoms with van der Waals surface area (Å²) in [6.07, 6.45) is 5.92. The first kappa shape index (κ1) is 18.1. The summed E-state index contributed by atoms with van der Waals surface area (Å²) < 4.78 is 0. The molecule has 0 aromatic heterocycles. The van der Waals surface area contributed by atoms with Gasteiger partial charge in [-0.2, -0.15) is 0 Å². The van der Waals surface area contributed by atoms with E-state index in [1.807, 2.05) is 6.07 Å².